The van der Waals surface area contributed by atoms with Crippen LogP contribution >= 0.6 is 0 Å². The van der Waals surface area contributed by atoms with E-state index in [1.807, 2.05) is 0 Å². The smallest absolute Gasteiger partial charge is 0.746 e. The van der Waals surface area contributed by atoms with Crippen molar-refractivity contribution in [2.75, 3.05) is 14.2 Å². The van der Waals surface area contributed by atoms with E-state index in [0.717, 1.165) is 6.92 Å². The van der Waals surface area contributed by atoms with Crippen molar-refractivity contribution >= 4 is 10.1 Å². The third-order valence-corrected chi connectivity index (χ3v) is 2.85. The van der Waals surface area contributed by atoms with Gasteiger partial charge in [0.1, 0.15) is 10.1 Å². The summed E-state index contributed by atoms with van der Waals surface area (Å²) in [4.78, 5) is -2.37. The van der Waals surface area contributed by atoms with Crippen LogP contribution in [0.3, 0.4) is 0 Å². The Morgan fingerprint density at radius 3 is 2.00 bits per heavy atom. The van der Waals surface area contributed by atoms with E-state index in [4.69, 9.17) is 0 Å². The zero-order valence-corrected chi connectivity index (χ0v) is 11.5. The Morgan fingerprint density at radius 2 is 1.79 bits per heavy atom. The first kappa shape index (κ1) is 17.2. The third kappa shape index (κ3) is 5.04. The third-order valence-electron chi connectivity index (χ3n) is 1.61. The fourth-order valence-electron chi connectivity index (χ4n) is 0.674. The number of methoxy groups -OCH3 is 2. The van der Waals surface area contributed by atoms with E-state index in [9.17, 15) is 18.1 Å². The minimum atomic E-state index is -4.77. The second-order valence-electron chi connectivity index (χ2n) is 2.73. The van der Waals surface area contributed by atoms with E-state index in [0.29, 0.717) is 0 Å². The van der Waals surface area contributed by atoms with Gasteiger partial charge in [0.25, 0.3) is 0 Å². The number of hydrogen-bond acceptors (Lipinski definition) is 6. The van der Waals surface area contributed by atoms with Crippen molar-refractivity contribution in [3.05, 3.63) is 0 Å². The van der Waals surface area contributed by atoms with E-state index in [2.05, 4.69) is 9.47 Å². The van der Waals surface area contributed by atoms with E-state index >= 15 is 0 Å². The summed E-state index contributed by atoms with van der Waals surface area (Å²) >= 11 is 0. The second kappa shape index (κ2) is 6.39. The van der Waals surface area contributed by atoms with Gasteiger partial charge in [-0.1, -0.05) is 0 Å². The van der Waals surface area contributed by atoms with Crippen molar-refractivity contribution in [1.82, 2.24) is 0 Å². The Bertz CT molecular complexity index is 245. The molecule has 0 aromatic heterocycles. The summed E-state index contributed by atoms with van der Waals surface area (Å²) in [6, 6.07) is 0. The molecule has 80 valence electrons. The van der Waals surface area contributed by atoms with Crippen LogP contribution in [0.15, 0.2) is 0 Å². The van der Waals surface area contributed by atoms with E-state index < -0.39 is 27.8 Å². The van der Waals surface area contributed by atoms with Gasteiger partial charge in [-0.25, -0.2) is 8.42 Å². The molecule has 0 rings (SSSR count). The van der Waals surface area contributed by atoms with Crippen LogP contribution in [0, 0.1) is 0 Å². The van der Waals surface area contributed by atoms with Crippen LogP contribution in [0.1, 0.15) is 13.3 Å². The Morgan fingerprint density at radius 1 is 1.43 bits per heavy atom. The van der Waals surface area contributed by atoms with Crippen LogP contribution in [0.4, 0.5) is 0 Å². The van der Waals surface area contributed by atoms with Crippen LogP contribution in [0.2, 0.25) is 0 Å². The van der Waals surface area contributed by atoms with E-state index in [1.165, 1.54) is 14.2 Å². The second-order valence-corrected chi connectivity index (χ2v) is 4.52. The summed E-state index contributed by atoms with van der Waals surface area (Å²) in [6.07, 6.45) is -1.34. The maximum absolute atomic E-state index is 10.5. The Kier molecular flexibility index (Phi) is 7.85. The standard InChI is InChI=1S/C6H14O6S.Na/c1-6(7,13(8,9)10)4-5(11-2)12-3;/h5,7H,4H2,1-3H3,(H,8,9,10);/q;+1/p-1. The van der Waals surface area contributed by atoms with Crippen molar-refractivity contribution in [3.63, 3.8) is 0 Å². The summed E-state index contributed by atoms with van der Waals surface area (Å²) in [5, 5.41) is 9.22. The van der Waals surface area contributed by atoms with Gasteiger partial charge in [-0.05, 0) is 6.92 Å². The first-order valence-corrected chi connectivity index (χ1v) is 4.89. The van der Waals surface area contributed by atoms with Gasteiger partial charge < -0.3 is 19.1 Å². The molecule has 1 N–H and O–H groups in total. The summed E-state index contributed by atoms with van der Waals surface area (Å²) in [7, 11) is -2.21. The largest absolute Gasteiger partial charge is 1.00 e. The monoisotopic (exact) mass is 236 g/mol. The predicted molar refractivity (Wildman–Crippen MR) is 42.7 cm³/mol. The number of aliphatic hydroxyl groups is 1. The molecular weight excluding hydrogens is 223 g/mol. The maximum Gasteiger partial charge on any atom is 1.00 e. The van der Waals surface area contributed by atoms with Crippen molar-refractivity contribution in [1.29, 1.82) is 0 Å². The molecule has 0 aliphatic carbocycles. The number of rotatable bonds is 5. The average Bonchev–Trinajstić information content (AvgIpc) is 1.98. The molecule has 8 heteroatoms. The predicted octanol–water partition coefficient (Wildman–Crippen LogP) is -3.75. The van der Waals surface area contributed by atoms with Gasteiger partial charge in [-0.15, -0.1) is 0 Å². The van der Waals surface area contributed by atoms with Crippen molar-refractivity contribution in [2.45, 2.75) is 24.6 Å². The fourth-order valence-corrected chi connectivity index (χ4v) is 1.01. The van der Waals surface area contributed by atoms with Gasteiger partial charge in [0.2, 0.25) is 0 Å². The Labute approximate surface area is 106 Å². The number of ether oxygens (including phenoxy) is 2. The molecule has 0 saturated carbocycles. The molecule has 0 aromatic rings. The van der Waals surface area contributed by atoms with Gasteiger partial charge in [-0.2, -0.15) is 0 Å². The number of hydrogen-bond donors (Lipinski definition) is 1. The van der Waals surface area contributed by atoms with Gasteiger partial charge >= 0.3 is 29.6 Å². The molecule has 0 aliphatic rings. The first-order valence-electron chi connectivity index (χ1n) is 3.48. The van der Waals surface area contributed by atoms with E-state index in [1.54, 1.807) is 0 Å². The Balaban J connectivity index is 0. The maximum atomic E-state index is 10.5. The molecule has 1 atom stereocenters. The quantitative estimate of drug-likeness (QED) is 0.299. The zero-order valence-electron chi connectivity index (χ0n) is 8.68. The zero-order chi connectivity index (χ0) is 10.7. The molecule has 1 unspecified atom stereocenters. The molecule has 0 amide bonds. The summed E-state index contributed by atoms with van der Waals surface area (Å²) in [5.41, 5.74) is 0. The van der Waals surface area contributed by atoms with E-state index in [-0.39, 0.29) is 29.6 Å². The molecule has 0 bridgehead atoms. The molecule has 0 radical (unpaired) electrons. The van der Waals surface area contributed by atoms with Crippen LogP contribution in [0.25, 0.3) is 0 Å². The molecule has 0 spiro atoms. The molecular formula is C6H13NaO6S. The topological polar surface area (TPSA) is 95.9 Å². The molecule has 0 aliphatic heterocycles. The summed E-state index contributed by atoms with van der Waals surface area (Å²) in [6.45, 7) is 0.903. The fraction of sp³-hybridized carbons (Fsp3) is 1.00. The van der Waals surface area contributed by atoms with Gasteiger partial charge in [0.05, 0.1) is 0 Å². The van der Waals surface area contributed by atoms with Crippen LogP contribution in [-0.4, -0.2) is 43.5 Å². The summed E-state index contributed by atoms with van der Waals surface area (Å²) < 4.78 is 40.8. The molecule has 6 nitrogen and oxygen atoms in total. The van der Waals surface area contributed by atoms with Gasteiger partial charge in [0, 0.05) is 20.6 Å². The van der Waals surface area contributed by atoms with Crippen LogP contribution in [-0.2, 0) is 19.6 Å². The van der Waals surface area contributed by atoms with Crippen molar-refractivity contribution in [2.24, 2.45) is 0 Å². The van der Waals surface area contributed by atoms with Gasteiger partial charge in [-0.3, -0.25) is 0 Å². The molecule has 0 aromatic carbocycles. The normalized spacial score (nSPS) is 16.1. The minimum Gasteiger partial charge on any atom is -0.746 e. The van der Waals surface area contributed by atoms with Crippen molar-refractivity contribution in [3.8, 4) is 0 Å². The Hall–Kier alpha value is 0.790. The summed E-state index contributed by atoms with van der Waals surface area (Å²) in [5.74, 6) is 0. The van der Waals surface area contributed by atoms with Gasteiger partial charge in [0.15, 0.2) is 11.2 Å². The van der Waals surface area contributed by atoms with Crippen LogP contribution in [0.5, 0.6) is 0 Å². The average molecular weight is 236 g/mol. The first-order chi connectivity index (χ1) is 5.74. The van der Waals surface area contributed by atoms with Crippen LogP contribution < -0.4 is 29.6 Å². The SMILES string of the molecule is COC(CC(C)(O)S(=O)(=O)[O-])OC.[Na+]. The molecule has 14 heavy (non-hydrogen) atoms. The van der Waals surface area contributed by atoms with Crippen molar-refractivity contribution < 1.29 is 57.1 Å². The molecule has 0 saturated heterocycles. The molecule has 0 fully saturated rings. The minimum absolute atomic E-state index is 0. The molecule has 0 heterocycles.